The highest BCUT2D eigenvalue weighted by molar-refractivity contribution is 7.73. The molecule has 0 bridgehead atoms. The zero-order chi connectivity index (χ0) is 13.8. The van der Waals surface area contributed by atoms with E-state index in [9.17, 15) is 0 Å². The average molecular weight is 306 g/mol. The van der Waals surface area contributed by atoms with Crippen molar-refractivity contribution < 1.29 is 0 Å². The van der Waals surface area contributed by atoms with Crippen molar-refractivity contribution in [2.24, 2.45) is 0 Å². The fraction of sp³-hybridized carbons (Fsp3) is 0.429. The van der Waals surface area contributed by atoms with Crippen LogP contribution in [0.4, 0.5) is 5.13 Å². The molecule has 3 rings (SSSR count). The van der Waals surface area contributed by atoms with Gasteiger partial charge < -0.3 is 4.90 Å². The number of aromatic nitrogens is 2. The molecule has 20 heavy (non-hydrogen) atoms. The molecule has 4 nitrogen and oxygen atoms in total. The Morgan fingerprint density at radius 3 is 2.75 bits per heavy atom. The maximum Gasteiger partial charge on any atom is 0.206 e. The molecule has 0 amide bonds. The van der Waals surface area contributed by atoms with E-state index in [1.807, 2.05) is 0 Å². The fourth-order valence-electron chi connectivity index (χ4n) is 2.52. The number of aromatic amines is 1. The highest BCUT2D eigenvalue weighted by atomic mass is 32.1. The summed E-state index contributed by atoms with van der Waals surface area (Å²) >= 11 is 6.67. The van der Waals surface area contributed by atoms with Crippen LogP contribution in [0.1, 0.15) is 12.0 Å². The Labute approximate surface area is 128 Å². The van der Waals surface area contributed by atoms with Gasteiger partial charge in [0.1, 0.15) is 0 Å². The third kappa shape index (κ3) is 3.45. The summed E-state index contributed by atoms with van der Waals surface area (Å²) in [6.07, 6.45) is 1.17. The van der Waals surface area contributed by atoms with Crippen LogP contribution in [0.3, 0.4) is 0 Å². The largest absolute Gasteiger partial charge is 0.345 e. The maximum atomic E-state index is 5.11. The van der Waals surface area contributed by atoms with Crippen LogP contribution in [0.25, 0.3) is 0 Å². The van der Waals surface area contributed by atoms with Crippen LogP contribution in [0.15, 0.2) is 30.3 Å². The van der Waals surface area contributed by atoms with Gasteiger partial charge in [-0.2, -0.15) is 0 Å². The monoisotopic (exact) mass is 306 g/mol. The third-order valence-electron chi connectivity index (χ3n) is 3.53. The van der Waals surface area contributed by atoms with Crippen LogP contribution in [0.5, 0.6) is 0 Å². The van der Waals surface area contributed by atoms with Gasteiger partial charge >= 0.3 is 0 Å². The van der Waals surface area contributed by atoms with Crippen molar-refractivity contribution in [1.82, 2.24) is 15.1 Å². The summed E-state index contributed by atoms with van der Waals surface area (Å²) in [6.45, 7) is 5.32. The maximum absolute atomic E-state index is 5.11. The first-order valence-electron chi connectivity index (χ1n) is 6.88. The number of H-pyrrole nitrogens is 1. The number of anilines is 1. The van der Waals surface area contributed by atoms with Crippen molar-refractivity contribution in [2.45, 2.75) is 13.0 Å². The summed E-state index contributed by atoms with van der Waals surface area (Å²) in [5, 5.41) is 8.18. The molecular formula is C14H18N4S2. The van der Waals surface area contributed by atoms with Gasteiger partial charge in [0.2, 0.25) is 5.13 Å². The van der Waals surface area contributed by atoms with Crippen LogP contribution in [0, 0.1) is 3.95 Å². The van der Waals surface area contributed by atoms with E-state index in [0.717, 1.165) is 41.8 Å². The standard InChI is InChI=1S/C14H18N4S2/c19-14-16-15-13(20-14)18-8-4-7-17(9-10-18)11-12-5-2-1-3-6-12/h1-3,5-6H,4,7-11H2,(H,16,19). The number of hydrogen-bond donors (Lipinski definition) is 1. The lowest BCUT2D eigenvalue weighted by Crippen LogP contribution is -2.30. The van der Waals surface area contributed by atoms with E-state index in [2.05, 4.69) is 50.3 Å². The first-order valence-corrected chi connectivity index (χ1v) is 8.10. The molecule has 1 fully saturated rings. The summed E-state index contributed by atoms with van der Waals surface area (Å²) in [5.41, 5.74) is 1.39. The minimum atomic E-state index is 0.755. The van der Waals surface area contributed by atoms with Gasteiger partial charge in [-0.05, 0) is 24.2 Å². The number of nitrogens with zero attached hydrogens (tertiary/aromatic N) is 3. The molecule has 1 aliphatic heterocycles. The van der Waals surface area contributed by atoms with E-state index in [1.54, 1.807) is 11.3 Å². The van der Waals surface area contributed by atoms with Crippen molar-refractivity contribution in [2.75, 3.05) is 31.1 Å². The molecule has 1 aromatic carbocycles. The van der Waals surface area contributed by atoms with E-state index in [1.165, 1.54) is 12.0 Å². The van der Waals surface area contributed by atoms with Gasteiger partial charge in [-0.1, -0.05) is 41.7 Å². The Morgan fingerprint density at radius 2 is 2.00 bits per heavy atom. The van der Waals surface area contributed by atoms with Gasteiger partial charge in [0.25, 0.3) is 0 Å². The summed E-state index contributed by atoms with van der Waals surface area (Å²) in [5.74, 6) is 0. The first kappa shape index (κ1) is 13.7. The van der Waals surface area contributed by atoms with Crippen LogP contribution < -0.4 is 4.90 Å². The lowest BCUT2D eigenvalue weighted by atomic mass is 10.2. The van der Waals surface area contributed by atoms with Crippen LogP contribution in [-0.2, 0) is 6.54 Å². The van der Waals surface area contributed by atoms with Gasteiger partial charge in [-0.3, -0.25) is 10.00 Å². The fourth-order valence-corrected chi connectivity index (χ4v) is 3.45. The zero-order valence-electron chi connectivity index (χ0n) is 11.3. The molecule has 0 radical (unpaired) electrons. The molecule has 0 atom stereocenters. The Morgan fingerprint density at radius 1 is 1.15 bits per heavy atom. The number of benzene rings is 1. The predicted molar refractivity (Wildman–Crippen MR) is 85.8 cm³/mol. The first-order chi connectivity index (χ1) is 9.81. The molecular weight excluding hydrogens is 288 g/mol. The van der Waals surface area contributed by atoms with E-state index in [0.29, 0.717) is 0 Å². The highest BCUT2D eigenvalue weighted by Crippen LogP contribution is 2.19. The van der Waals surface area contributed by atoms with Crippen LogP contribution >= 0.6 is 23.6 Å². The Balaban J connectivity index is 1.61. The molecule has 0 spiro atoms. The SMILES string of the molecule is S=c1[nH]nc(N2CCCN(Cc3ccccc3)CC2)s1. The predicted octanol–water partition coefficient (Wildman–Crippen LogP) is 2.91. The summed E-state index contributed by atoms with van der Waals surface area (Å²) < 4.78 is 0.755. The van der Waals surface area contributed by atoms with Crippen molar-refractivity contribution >= 4 is 28.7 Å². The number of nitrogens with one attached hydrogen (secondary N) is 1. The normalized spacial score (nSPS) is 17.1. The second-order valence-electron chi connectivity index (χ2n) is 5.00. The van der Waals surface area contributed by atoms with Crippen molar-refractivity contribution in [3.63, 3.8) is 0 Å². The molecule has 6 heteroatoms. The minimum absolute atomic E-state index is 0.755. The molecule has 0 aliphatic carbocycles. The Hall–Kier alpha value is -1.24. The van der Waals surface area contributed by atoms with Crippen molar-refractivity contribution in [3.8, 4) is 0 Å². The molecule has 1 N–H and O–H groups in total. The number of rotatable bonds is 3. The van der Waals surface area contributed by atoms with Crippen LogP contribution in [0.2, 0.25) is 0 Å². The Bertz CT molecular complexity index is 592. The molecule has 106 valence electrons. The number of hydrogen-bond acceptors (Lipinski definition) is 5. The molecule has 0 unspecified atom stereocenters. The minimum Gasteiger partial charge on any atom is -0.345 e. The molecule has 1 aromatic heterocycles. The molecule has 1 aliphatic rings. The lowest BCUT2D eigenvalue weighted by molar-refractivity contribution is 0.285. The van der Waals surface area contributed by atoms with Crippen LogP contribution in [-0.4, -0.2) is 41.3 Å². The van der Waals surface area contributed by atoms with E-state index >= 15 is 0 Å². The van der Waals surface area contributed by atoms with Gasteiger partial charge in [0, 0.05) is 32.7 Å². The summed E-state index contributed by atoms with van der Waals surface area (Å²) in [7, 11) is 0. The van der Waals surface area contributed by atoms with E-state index in [4.69, 9.17) is 12.2 Å². The molecule has 1 saturated heterocycles. The second kappa shape index (κ2) is 6.47. The van der Waals surface area contributed by atoms with Gasteiger partial charge in [0.05, 0.1) is 0 Å². The Kier molecular flexibility index (Phi) is 4.44. The van der Waals surface area contributed by atoms with Gasteiger partial charge in [-0.25, -0.2) is 0 Å². The van der Waals surface area contributed by atoms with Crippen molar-refractivity contribution in [3.05, 3.63) is 39.8 Å². The molecule has 2 aromatic rings. The topological polar surface area (TPSA) is 35.2 Å². The lowest BCUT2D eigenvalue weighted by Gasteiger charge is -2.21. The summed E-state index contributed by atoms with van der Waals surface area (Å²) in [4.78, 5) is 4.85. The van der Waals surface area contributed by atoms with E-state index < -0.39 is 0 Å². The molecule has 0 saturated carbocycles. The average Bonchev–Trinajstić information content (AvgIpc) is 2.76. The zero-order valence-corrected chi connectivity index (χ0v) is 12.9. The quantitative estimate of drug-likeness (QED) is 0.884. The second-order valence-corrected chi connectivity index (χ2v) is 6.64. The van der Waals surface area contributed by atoms with Crippen molar-refractivity contribution in [1.29, 1.82) is 0 Å². The van der Waals surface area contributed by atoms with E-state index in [-0.39, 0.29) is 0 Å². The van der Waals surface area contributed by atoms with Gasteiger partial charge in [0.15, 0.2) is 3.95 Å². The smallest absolute Gasteiger partial charge is 0.206 e. The highest BCUT2D eigenvalue weighted by Gasteiger charge is 2.17. The summed E-state index contributed by atoms with van der Waals surface area (Å²) in [6, 6.07) is 10.7. The third-order valence-corrected chi connectivity index (χ3v) is 4.68. The van der Waals surface area contributed by atoms with Gasteiger partial charge in [-0.15, -0.1) is 5.10 Å². The molecule has 2 heterocycles.